The molecule has 0 aromatic heterocycles. The van der Waals surface area contributed by atoms with Gasteiger partial charge in [0.2, 0.25) is 11.8 Å². The Hall–Kier alpha value is -2.42. The van der Waals surface area contributed by atoms with Crippen LogP contribution in [0.25, 0.3) is 0 Å². The number of nitrogens with zero attached hydrogens (tertiary/aromatic N) is 2. The van der Waals surface area contributed by atoms with Crippen LogP contribution in [0.4, 0.5) is 0 Å². The number of nitrogens with one attached hydrogen (secondary N) is 2. The number of carboxylic acid groups (broad SMARTS) is 1. The molecule has 0 aliphatic carbocycles. The van der Waals surface area contributed by atoms with Crippen molar-refractivity contribution in [1.29, 1.82) is 0 Å². The Kier molecular flexibility index (Phi) is 7.05. The Bertz CT molecular complexity index is 694. The first-order chi connectivity index (χ1) is 13.5. The molecule has 0 bridgehead atoms. The molecule has 2 rings (SSSR count). The monoisotopic (exact) mass is 408 g/mol. The van der Waals surface area contributed by atoms with Gasteiger partial charge >= 0.3 is 5.97 Å². The molecule has 2 heterocycles. The molecule has 4 atom stereocenters. The fourth-order valence-corrected chi connectivity index (χ4v) is 3.87. The molecular formula is C20H32N4O5. The van der Waals surface area contributed by atoms with Crippen molar-refractivity contribution in [3.05, 3.63) is 12.7 Å². The third-order valence-corrected chi connectivity index (χ3v) is 5.79. The third-order valence-electron chi connectivity index (χ3n) is 5.79. The van der Waals surface area contributed by atoms with Crippen LogP contribution in [-0.2, 0) is 19.2 Å². The summed E-state index contributed by atoms with van der Waals surface area (Å²) in [7, 11) is 0. The third kappa shape index (κ3) is 4.77. The molecule has 0 aromatic carbocycles. The molecule has 2 aliphatic heterocycles. The van der Waals surface area contributed by atoms with Crippen LogP contribution in [0, 0.1) is 11.3 Å². The van der Waals surface area contributed by atoms with Gasteiger partial charge in [0.15, 0.2) is 0 Å². The smallest absolute Gasteiger partial charge is 0.322 e. The van der Waals surface area contributed by atoms with E-state index in [1.165, 1.54) is 5.01 Å². The van der Waals surface area contributed by atoms with Crippen LogP contribution < -0.4 is 10.7 Å². The van der Waals surface area contributed by atoms with Gasteiger partial charge in [-0.2, -0.15) is 0 Å². The highest BCUT2D eigenvalue weighted by Gasteiger charge is 2.46. The normalized spacial score (nSPS) is 26.9. The number of hydrazine groups is 1. The summed E-state index contributed by atoms with van der Waals surface area (Å²) in [6, 6.07) is -2.37. The predicted molar refractivity (Wildman–Crippen MR) is 106 cm³/mol. The fraction of sp³-hybridized carbons (Fsp3) is 0.700. The van der Waals surface area contributed by atoms with Gasteiger partial charge in [0, 0.05) is 13.1 Å². The topological polar surface area (TPSA) is 119 Å². The van der Waals surface area contributed by atoms with E-state index < -0.39 is 41.3 Å². The molecule has 9 heteroatoms. The Morgan fingerprint density at radius 3 is 2.48 bits per heavy atom. The summed E-state index contributed by atoms with van der Waals surface area (Å²) in [5.41, 5.74) is 2.01. The van der Waals surface area contributed by atoms with E-state index >= 15 is 0 Å². The van der Waals surface area contributed by atoms with E-state index in [2.05, 4.69) is 17.3 Å². The second-order valence-electron chi connectivity index (χ2n) is 8.44. The van der Waals surface area contributed by atoms with Crippen LogP contribution in [0.5, 0.6) is 0 Å². The van der Waals surface area contributed by atoms with Gasteiger partial charge in [0.05, 0.1) is 5.41 Å². The van der Waals surface area contributed by atoms with Crippen molar-refractivity contribution in [2.24, 2.45) is 11.3 Å². The van der Waals surface area contributed by atoms with Gasteiger partial charge in [-0.3, -0.25) is 24.2 Å². The molecule has 1 unspecified atom stereocenters. The zero-order chi connectivity index (χ0) is 21.9. The Labute approximate surface area is 171 Å². The molecule has 3 N–H and O–H groups in total. The number of carbonyl (C=O) groups is 4. The minimum atomic E-state index is -1.02. The van der Waals surface area contributed by atoms with Crippen molar-refractivity contribution in [2.75, 3.05) is 13.1 Å². The van der Waals surface area contributed by atoms with E-state index in [0.29, 0.717) is 32.4 Å². The molecule has 2 saturated heterocycles. The van der Waals surface area contributed by atoms with Gasteiger partial charge < -0.3 is 15.3 Å². The number of hydrogen-bond donors (Lipinski definition) is 3. The number of hydrogen-bond acceptors (Lipinski definition) is 5. The number of amides is 3. The Morgan fingerprint density at radius 2 is 1.97 bits per heavy atom. The second kappa shape index (κ2) is 8.94. The summed E-state index contributed by atoms with van der Waals surface area (Å²) < 4.78 is 0. The van der Waals surface area contributed by atoms with Crippen LogP contribution in [0.2, 0.25) is 0 Å². The van der Waals surface area contributed by atoms with Gasteiger partial charge in [-0.1, -0.05) is 19.9 Å². The molecule has 0 radical (unpaired) electrons. The number of carboxylic acids is 1. The molecule has 2 fully saturated rings. The molecule has 0 saturated carbocycles. The van der Waals surface area contributed by atoms with Gasteiger partial charge in [0.1, 0.15) is 18.1 Å². The van der Waals surface area contributed by atoms with Crippen molar-refractivity contribution >= 4 is 23.7 Å². The summed E-state index contributed by atoms with van der Waals surface area (Å²) in [6.45, 7) is 11.7. The van der Waals surface area contributed by atoms with Gasteiger partial charge in [-0.05, 0) is 39.0 Å². The summed E-state index contributed by atoms with van der Waals surface area (Å²) >= 11 is 0. The van der Waals surface area contributed by atoms with Crippen molar-refractivity contribution in [2.45, 2.75) is 65.1 Å². The fourth-order valence-electron chi connectivity index (χ4n) is 3.87. The predicted octanol–water partition coefficient (Wildman–Crippen LogP) is 0.521. The summed E-state index contributed by atoms with van der Waals surface area (Å²) in [4.78, 5) is 51.2. The van der Waals surface area contributed by atoms with E-state index in [-0.39, 0.29) is 11.8 Å². The summed E-state index contributed by atoms with van der Waals surface area (Å²) in [6.07, 6.45) is 3.22. The maximum absolute atomic E-state index is 13.0. The van der Waals surface area contributed by atoms with Crippen LogP contribution in [-0.4, -0.2) is 69.9 Å². The van der Waals surface area contributed by atoms with Crippen molar-refractivity contribution in [3.63, 3.8) is 0 Å². The molecule has 0 aromatic rings. The van der Waals surface area contributed by atoms with Crippen molar-refractivity contribution < 1.29 is 24.3 Å². The molecule has 2 aliphatic rings. The lowest BCUT2D eigenvalue weighted by Gasteiger charge is -2.35. The maximum atomic E-state index is 13.0. The highest BCUT2D eigenvalue weighted by molar-refractivity contribution is 5.94. The standard InChI is InChI=1S/C20H32N4O5/c1-6-20(5)9-11-23(19(20)29)15(12(2)3)16(25)21-13(4)17(26)24-10-7-8-14(22-24)18(27)28/h6,12-15,22H,1,7-11H2,2-5H3,(H,21,25)(H,27,28)/t13-,14-,15-,20?/m0/s1. The first kappa shape index (κ1) is 22.9. The number of carbonyl (C=O) groups excluding carboxylic acids is 3. The Morgan fingerprint density at radius 1 is 1.31 bits per heavy atom. The summed E-state index contributed by atoms with van der Waals surface area (Å²) in [5, 5.41) is 13.1. The zero-order valence-electron chi connectivity index (χ0n) is 17.6. The number of aliphatic carboxylic acids is 1. The van der Waals surface area contributed by atoms with E-state index in [0.717, 1.165) is 0 Å². The van der Waals surface area contributed by atoms with Crippen LogP contribution >= 0.6 is 0 Å². The van der Waals surface area contributed by atoms with Crippen molar-refractivity contribution in [3.8, 4) is 0 Å². The lowest BCUT2D eigenvalue weighted by molar-refractivity contribution is -0.149. The molecule has 162 valence electrons. The lowest BCUT2D eigenvalue weighted by atomic mass is 9.89. The van der Waals surface area contributed by atoms with Crippen molar-refractivity contribution in [1.82, 2.24) is 20.7 Å². The first-order valence-electron chi connectivity index (χ1n) is 10.1. The van der Waals surface area contributed by atoms with E-state index in [4.69, 9.17) is 5.11 Å². The Balaban J connectivity index is 2.06. The average Bonchev–Trinajstić information content (AvgIpc) is 2.96. The lowest BCUT2D eigenvalue weighted by Crippen LogP contribution is -2.61. The minimum absolute atomic E-state index is 0.137. The van der Waals surface area contributed by atoms with Gasteiger partial charge in [-0.25, -0.2) is 5.43 Å². The number of likely N-dealkylation sites (tertiary alicyclic amines) is 1. The van der Waals surface area contributed by atoms with Gasteiger partial charge in [0.25, 0.3) is 5.91 Å². The van der Waals surface area contributed by atoms with E-state index in [1.54, 1.807) is 17.9 Å². The zero-order valence-corrected chi connectivity index (χ0v) is 17.6. The van der Waals surface area contributed by atoms with E-state index in [9.17, 15) is 19.2 Å². The van der Waals surface area contributed by atoms with Gasteiger partial charge in [-0.15, -0.1) is 6.58 Å². The summed E-state index contributed by atoms with van der Waals surface area (Å²) in [5.74, 6) is -2.10. The number of rotatable bonds is 7. The molecule has 0 spiro atoms. The van der Waals surface area contributed by atoms with Crippen LogP contribution in [0.15, 0.2) is 12.7 Å². The molecule has 3 amide bonds. The molecular weight excluding hydrogens is 376 g/mol. The SMILES string of the molecule is C=CC1(C)CCN([C@H](C(=O)N[C@@H](C)C(=O)N2CCC[C@@H](C(=O)O)N2)C(C)C)C1=O. The second-order valence-corrected chi connectivity index (χ2v) is 8.44. The van der Waals surface area contributed by atoms with E-state index in [1.807, 2.05) is 20.8 Å². The quantitative estimate of drug-likeness (QED) is 0.529. The van der Waals surface area contributed by atoms with Crippen LogP contribution in [0.3, 0.4) is 0 Å². The van der Waals surface area contributed by atoms with Crippen LogP contribution in [0.1, 0.15) is 47.0 Å². The first-order valence-corrected chi connectivity index (χ1v) is 10.1. The molecule has 9 nitrogen and oxygen atoms in total. The minimum Gasteiger partial charge on any atom is -0.480 e. The molecule has 29 heavy (non-hydrogen) atoms. The highest BCUT2D eigenvalue weighted by Crippen LogP contribution is 2.34. The maximum Gasteiger partial charge on any atom is 0.322 e. The highest BCUT2D eigenvalue weighted by atomic mass is 16.4. The largest absolute Gasteiger partial charge is 0.480 e. The average molecular weight is 408 g/mol.